The second-order valence-electron chi connectivity index (χ2n) is 1.84. The molecule has 0 aliphatic heterocycles. The predicted molar refractivity (Wildman–Crippen MR) is 36.9 cm³/mol. The van der Waals surface area contributed by atoms with Gasteiger partial charge in [-0.2, -0.15) is 0 Å². The lowest BCUT2D eigenvalue weighted by Crippen LogP contribution is -2.00. The van der Waals surface area contributed by atoms with E-state index >= 15 is 0 Å². The molecule has 0 atom stereocenters. The van der Waals surface area contributed by atoms with Crippen LogP contribution in [0.2, 0.25) is 0 Å². The molecular formula is C7H6O4. The molecule has 0 bridgehead atoms. The van der Waals surface area contributed by atoms with Gasteiger partial charge in [-0.25, -0.2) is 4.79 Å². The van der Waals surface area contributed by atoms with Crippen LogP contribution < -0.4 is 10.4 Å². The fourth-order valence-electron chi connectivity index (χ4n) is 0.649. The number of ether oxygens (including phenoxy) is 1. The Morgan fingerprint density at radius 3 is 2.82 bits per heavy atom. The van der Waals surface area contributed by atoms with Crippen LogP contribution in [0.4, 0.5) is 0 Å². The smallest absolute Gasteiger partial charge is 0.340 e. The minimum atomic E-state index is -0.591. The molecule has 0 N–H and O–H groups in total. The van der Waals surface area contributed by atoms with Crippen molar-refractivity contribution < 1.29 is 13.9 Å². The van der Waals surface area contributed by atoms with E-state index in [0.29, 0.717) is 12.0 Å². The van der Waals surface area contributed by atoms with Crippen molar-refractivity contribution in [1.82, 2.24) is 0 Å². The number of hydrogen-bond acceptors (Lipinski definition) is 4. The SMILES string of the molecule is COc1cc(C=O)oc(=O)c1. The number of hydrogen-bond donors (Lipinski definition) is 0. The van der Waals surface area contributed by atoms with Gasteiger partial charge in [-0.3, -0.25) is 4.79 Å². The first-order chi connectivity index (χ1) is 5.26. The van der Waals surface area contributed by atoms with Crippen LogP contribution in [-0.4, -0.2) is 13.4 Å². The molecule has 4 heteroatoms. The Balaban J connectivity index is 3.22. The monoisotopic (exact) mass is 154 g/mol. The van der Waals surface area contributed by atoms with Crippen LogP contribution in [0.3, 0.4) is 0 Å². The number of carbonyl (C=O) groups is 1. The highest BCUT2D eigenvalue weighted by molar-refractivity contribution is 5.70. The molecule has 0 fully saturated rings. The molecule has 58 valence electrons. The number of methoxy groups -OCH3 is 1. The molecule has 0 saturated heterocycles. The van der Waals surface area contributed by atoms with Gasteiger partial charge < -0.3 is 9.15 Å². The summed E-state index contributed by atoms with van der Waals surface area (Å²) in [5.41, 5.74) is -0.591. The summed E-state index contributed by atoms with van der Waals surface area (Å²) >= 11 is 0. The van der Waals surface area contributed by atoms with Gasteiger partial charge in [-0.15, -0.1) is 0 Å². The highest BCUT2D eigenvalue weighted by atomic mass is 16.5. The van der Waals surface area contributed by atoms with Gasteiger partial charge in [0.1, 0.15) is 5.75 Å². The molecule has 1 aromatic heterocycles. The van der Waals surface area contributed by atoms with Crippen molar-refractivity contribution >= 4 is 6.29 Å². The highest BCUT2D eigenvalue weighted by Gasteiger charge is 1.98. The van der Waals surface area contributed by atoms with Crippen molar-refractivity contribution in [2.24, 2.45) is 0 Å². The molecule has 0 aliphatic rings. The highest BCUT2D eigenvalue weighted by Crippen LogP contribution is 2.06. The molecule has 1 aromatic rings. The van der Waals surface area contributed by atoms with Crippen molar-refractivity contribution in [3.05, 3.63) is 28.3 Å². The third-order valence-corrected chi connectivity index (χ3v) is 1.11. The minimum Gasteiger partial charge on any atom is -0.496 e. The quantitative estimate of drug-likeness (QED) is 0.580. The summed E-state index contributed by atoms with van der Waals surface area (Å²) in [6, 6.07) is 2.50. The molecule has 0 saturated carbocycles. The van der Waals surface area contributed by atoms with Crippen molar-refractivity contribution in [2.45, 2.75) is 0 Å². The third-order valence-electron chi connectivity index (χ3n) is 1.11. The molecular weight excluding hydrogens is 148 g/mol. The van der Waals surface area contributed by atoms with Gasteiger partial charge in [0, 0.05) is 6.07 Å². The van der Waals surface area contributed by atoms with Crippen LogP contribution in [0.15, 0.2) is 21.3 Å². The van der Waals surface area contributed by atoms with Crippen molar-refractivity contribution in [1.29, 1.82) is 0 Å². The van der Waals surface area contributed by atoms with E-state index in [9.17, 15) is 9.59 Å². The van der Waals surface area contributed by atoms with E-state index in [1.807, 2.05) is 0 Å². The normalized spacial score (nSPS) is 9.18. The maximum atomic E-state index is 10.6. The van der Waals surface area contributed by atoms with Crippen LogP contribution in [0.1, 0.15) is 10.6 Å². The standard InChI is InChI=1S/C7H6O4/c1-10-5-2-6(4-8)11-7(9)3-5/h2-4H,1H3. The van der Waals surface area contributed by atoms with E-state index in [2.05, 4.69) is 4.42 Å². The first-order valence-electron chi connectivity index (χ1n) is 2.90. The van der Waals surface area contributed by atoms with E-state index in [0.717, 1.165) is 6.07 Å². The minimum absolute atomic E-state index is 0.0330. The van der Waals surface area contributed by atoms with Gasteiger partial charge in [-0.05, 0) is 0 Å². The van der Waals surface area contributed by atoms with Crippen LogP contribution >= 0.6 is 0 Å². The number of carbonyl (C=O) groups excluding carboxylic acids is 1. The maximum Gasteiger partial charge on any atom is 0.340 e. The summed E-state index contributed by atoms with van der Waals surface area (Å²) in [5, 5.41) is 0. The second kappa shape index (κ2) is 3.01. The Morgan fingerprint density at radius 2 is 2.27 bits per heavy atom. The van der Waals surface area contributed by atoms with Gasteiger partial charge in [-0.1, -0.05) is 0 Å². The summed E-state index contributed by atoms with van der Waals surface area (Å²) in [4.78, 5) is 20.8. The van der Waals surface area contributed by atoms with Crippen LogP contribution in [0, 0.1) is 0 Å². The van der Waals surface area contributed by atoms with Crippen molar-refractivity contribution in [3.63, 3.8) is 0 Å². The number of aldehydes is 1. The first kappa shape index (κ1) is 7.53. The molecule has 1 rings (SSSR count). The Labute approximate surface area is 62.4 Å². The molecule has 1 heterocycles. The summed E-state index contributed by atoms with van der Waals surface area (Å²) in [7, 11) is 1.41. The number of rotatable bonds is 2. The molecule has 0 radical (unpaired) electrons. The third kappa shape index (κ3) is 1.67. The van der Waals surface area contributed by atoms with Crippen molar-refractivity contribution in [3.8, 4) is 5.75 Å². The van der Waals surface area contributed by atoms with E-state index in [1.54, 1.807) is 0 Å². The molecule has 11 heavy (non-hydrogen) atoms. The van der Waals surface area contributed by atoms with Crippen LogP contribution in [0.5, 0.6) is 5.75 Å². The second-order valence-corrected chi connectivity index (χ2v) is 1.84. The zero-order chi connectivity index (χ0) is 8.27. The van der Waals surface area contributed by atoms with E-state index in [-0.39, 0.29) is 5.76 Å². The van der Waals surface area contributed by atoms with Gasteiger partial charge in [0.25, 0.3) is 0 Å². The van der Waals surface area contributed by atoms with Crippen LogP contribution in [-0.2, 0) is 0 Å². The summed E-state index contributed by atoms with van der Waals surface area (Å²) in [6.45, 7) is 0. The Morgan fingerprint density at radius 1 is 1.55 bits per heavy atom. The zero-order valence-electron chi connectivity index (χ0n) is 5.87. The van der Waals surface area contributed by atoms with E-state index in [1.165, 1.54) is 13.2 Å². The summed E-state index contributed by atoms with van der Waals surface area (Å²) in [6.07, 6.45) is 0.448. The van der Waals surface area contributed by atoms with E-state index in [4.69, 9.17) is 4.74 Å². The van der Waals surface area contributed by atoms with E-state index < -0.39 is 5.63 Å². The largest absolute Gasteiger partial charge is 0.496 e. The Kier molecular flexibility index (Phi) is 2.06. The lowest BCUT2D eigenvalue weighted by molar-refractivity contribution is 0.109. The fraction of sp³-hybridized carbons (Fsp3) is 0.143. The van der Waals surface area contributed by atoms with Gasteiger partial charge in [0.15, 0.2) is 12.0 Å². The van der Waals surface area contributed by atoms with Crippen LogP contribution in [0.25, 0.3) is 0 Å². The lowest BCUT2D eigenvalue weighted by atomic mass is 10.4. The molecule has 4 nitrogen and oxygen atoms in total. The molecule has 0 unspecified atom stereocenters. The first-order valence-corrected chi connectivity index (χ1v) is 2.90. The van der Waals surface area contributed by atoms with Gasteiger partial charge >= 0.3 is 5.63 Å². The average molecular weight is 154 g/mol. The van der Waals surface area contributed by atoms with Gasteiger partial charge in [0.05, 0.1) is 13.2 Å². The lowest BCUT2D eigenvalue weighted by Gasteiger charge is -1.96. The van der Waals surface area contributed by atoms with Gasteiger partial charge in [0.2, 0.25) is 0 Å². The maximum absolute atomic E-state index is 10.6. The molecule has 0 spiro atoms. The average Bonchev–Trinajstić information content (AvgIpc) is 2.03. The summed E-state index contributed by atoms with van der Waals surface area (Å²) < 4.78 is 9.18. The predicted octanol–water partition coefficient (Wildman–Crippen LogP) is 0.461. The molecule has 0 amide bonds. The van der Waals surface area contributed by atoms with Crippen molar-refractivity contribution in [2.75, 3.05) is 7.11 Å². The Hall–Kier alpha value is -1.58. The molecule has 0 aromatic carbocycles. The molecule has 0 aliphatic carbocycles. The fourth-order valence-corrected chi connectivity index (χ4v) is 0.649. The Bertz CT molecular complexity index is 312. The summed E-state index contributed by atoms with van der Waals surface area (Å²) in [5.74, 6) is 0.290. The zero-order valence-corrected chi connectivity index (χ0v) is 5.87. The topological polar surface area (TPSA) is 56.5 Å².